The Morgan fingerprint density at radius 1 is 0.955 bits per heavy atom. The minimum atomic E-state index is 0.367. The lowest BCUT2D eigenvalue weighted by Gasteiger charge is -2.08. The van der Waals surface area contributed by atoms with Gasteiger partial charge in [-0.1, -0.05) is 47.1 Å². The van der Waals surface area contributed by atoms with Gasteiger partial charge in [0.25, 0.3) is 0 Å². The largest absolute Gasteiger partial charge is 0.261 e. The van der Waals surface area contributed by atoms with Gasteiger partial charge in [0.05, 0.1) is 23.1 Å². The molecule has 1 aromatic carbocycles. The summed E-state index contributed by atoms with van der Waals surface area (Å²) in [6.45, 7) is 0. The second-order valence-corrected chi connectivity index (χ2v) is 6.21. The smallest absolute Gasteiger partial charge is 0.147 e. The van der Waals surface area contributed by atoms with Crippen LogP contribution in [-0.4, -0.2) is 19.9 Å². The van der Waals surface area contributed by atoms with Crippen molar-refractivity contribution in [3.05, 3.63) is 70.6 Å². The van der Waals surface area contributed by atoms with Gasteiger partial charge in [0.2, 0.25) is 0 Å². The molecule has 2 heterocycles. The van der Waals surface area contributed by atoms with Gasteiger partial charge in [-0.2, -0.15) is 0 Å². The van der Waals surface area contributed by atoms with Crippen LogP contribution < -0.4 is 0 Å². The number of nitrogens with zero attached hydrogens (tertiary/aromatic N) is 4. The lowest BCUT2D eigenvalue weighted by Crippen LogP contribution is -1.94. The van der Waals surface area contributed by atoms with Crippen molar-refractivity contribution in [1.29, 1.82) is 0 Å². The fraction of sp³-hybridized carbons (Fsp3) is 0.0667. The van der Waals surface area contributed by atoms with E-state index in [4.69, 9.17) is 23.2 Å². The zero-order valence-corrected chi connectivity index (χ0v) is 13.6. The highest BCUT2D eigenvalue weighted by Crippen LogP contribution is 2.34. The third-order valence-corrected chi connectivity index (χ3v) is 4.58. The van der Waals surface area contributed by atoms with Crippen LogP contribution in [-0.2, 0) is 6.42 Å². The molecule has 0 aliphatic carbocycles. The van der Waals surface area contributed by atoms with Crippen LogP contribution in [0, 0.1) is 0 Å². The summed E-state index contributed by atoms with van der Waals surface area (Å²) in [6.07, 6.45) is 8.83. The minimum Gasteiger partial charge on any atom is -0.261 e. The lowest BCUT2D eigenvalue weighted by atomic mass is 10.1. The molecule has 0 spiro atoms. The molecular formula is C15H10Cl2N4S. The fourth-order valence-corrected chi connectivity index (χ4v) is 3.06. The molecule has 0 aliphatic rings. The zero-order valence-electron chi connectivity index (χ0n) is 11.3. The zero-order chi connectivity index (χ0) is 15.4. The molecule has 4 nitrogen and oxygen atoms in total. The Kier molecular flexibility index (Phi) is 4.87. The first-order valence-corrected chi connectivity index (χ1v) is 7.97. The van der Waals surface area contributed by atoms with Crippen LogP contribution in [0.2, 0.25) is 10.2 Å². The third kappa shape index (κ3) is 3.74. The Balaban J connectivity index is 1.84. The lowest BCUT2D eigenvalue weighted by molar-refractivity contribution is 1.02. The first kappa shape index (κ1) is 15.2. The van der Waals surface area contributed by atoms with Gasteiger partial charge < -0.3 is 0 Å². The molecule has 0 saturated carbocycles. The van der Waals surface area contributed by atoms with Crippen molar-refractivity contribution in [1.82, 2.24) is 19.9 Å². The first-order chi connectivity index (χ1) is 10.7. The molecule has 0 fully saturated rings. The summed E-state index contributed by atoms with van der Waals surface area (Å²) in [5, 5.41) is 1.80. The van der Waals surface area contributed by atoms with Gasteiger partial charge in [-0.15, -0.1) is 0 Å². The van der Waals surface area contributed by atoms with E-state index in [1.54, 1.807) is 24.8 Å². The van der Waals surface area contributed by atoms with Crippen molar-refractivity contribution in [2.45, 2.75) is 16.3 Å². The van der Waals surface area contributed by atoms with E-state index < -0.39 is 0 Å². The van der Waals surface area contributed by atoms with Crippen molar-refractivity contribution < 1.29 is 0 Å². The van der Waals surface area contributed by atoms with Crippen LogP contribution in [0.15, 0.2) is 59.1 Å². The predicted molar refractivity (Wildman–Crippen MR) is 87.5 cm³/mol. The molecule has 0 N–H and O–H groups in total. The summed E-state index contributed by atoms with van der Waals surface area (Å²) >= 11 is 13.7. The molecule has 22 heavy (non-hydrogen) atoms. The summed E-state index contributed by atoms with van der Waals surface area (Å²) in [5.41, 5.74) is 1.87. The summed E-state index contributed by atoms with van der Waals surface area (Å²) in [5.74, 6) is 0. The van der Waals surface area contributed by atoms with E-state index in [2.05, 4.69) is 19.9 Å². The Bertz CT molecular complexity index is 766. The van der Waals surface area contributed by atoms with E-state index in [0.717, 1.165) is 21.2 Å². The Labute approximate surface area is 142 Å². The van der Waals surface area contributed by atoms with Crippen molar-refractivity contribution in [2.24, 2.45) is 0 Å². The van der Waals surface area contributed by atoms with E-state index in [1.165, 1.54) is 18.0 Å². The molecule has 0 atom stereocenters. The number of hydrogen-bond acceptors (Lipinski definition) is 5. The monoisotopic (exact) mass is 348 g/mol. The van der Waals surface area contributed by atoms with Gasteiger partial charge in [0, 0.05) is 29.9 Å². The molecular weight excluding hydrogens is 339 g/mol. The van der Waals surface area contributed by atoms with E-state index in [9.17, 15) is 0 Å². The van der Waals surface area contributed by atoms with E-state index >= 15 is 0 Å². The highest BCUT2D eigenvalue weighted by Gasteiger charge is 2.10. The van der Waals surface area contributed by atoms with Gasteiger partial charge in [-0.3, -0.25) is 9.97 Å². The Morgan fingerprint density at radius 3 is 2.59 bits per heavy atom. The molecule has 3 aromatic rings. The second-order valence-electron chi connectivity index (χ2n) is 4.38. The van der Waals surface area contributed by atoms with Crippen LogP contribution in [0.5, 0.6) is 0 Å². The van der Waals surface area contributed by atoms with Crippen LogP contribution in [0.3, 0.4) is 0 Å². The number of halogens is 2. The molecule has 2 aromatic heterocycles. The molecule has 3 rings (SSSR count). The minimum absolute atomic E-state index is 0.367. The number of rotatable bonds is 4. The van der Waals surface area contributed by atoms with Crippen LogP contribution in [0.4, 0.5) is 0 Å². The quantitative estimate of drug-likeness (QED) is 0.702. The van der Waals surface area contributed by atoms with Gasteiger partial charge in [-0.05, 0) is 11.6 Å². The highest BCUT2D eigenvalue weighted by molar-refractivity contribution is 7.99. The molecule has 0 amide bonds. The van der Waals surface area contributed by atoms with Gasteiger partial charge in [0.1, 0.15) is 10.2 Å². The molecule has 0 radical (unpaired) electrons. The van der Waals surface area contributed by atoms with E-state index in [-0.39, 0.29) is 0 Å². The molecule has 0 unspecified atom stereocenters. The SMILES string of the molecule is Clc1cnc(Sc2cccc(Cc3cnccn3)c2Cl)cn1. The van der Waals surface area contributed by atoms with Gasteiger partial charge in [0.15, 0.2) is 0 Å². The standard InChI is InChI=1S/C15H10Cl2N4S/c16-13-8-21-14(9-20-13)22-12-3-1-2-10(15(12)17)6-11-7-18-4-5-19-11/h1-5,7-9H,6H2. The summed E-state index contributed by atoms with van der Waals surface area (Å²) in [4.78, 5) is 17.5. The summed E-state index contributed by atoms with van der Waals surface area (Å²) in [7, 11) is 0. The maximum atomic E-state index is 6.50. The number of aromatic nitrogens is 4. The average Bonchev–Trinajstić information content (AvgIpc) is 2.54. The van der Waals surface area contributed by atoms with Crippen molar-refractivity contribution in [3.63, 3.8) is 0 Å². The number of hydrogen-bond donors (Lipinski definition) is 0. The first-order valence-electron chi connectivity index (χ1n) is 6.40. The van der Waals surface area contributed by atoms with E-state index in [1.807, 2.05) is 18.2 Å². The molecule has 0 aliphatic heterocycles. The normalized spacial score (nSPS) is 10.6. The molecule has 0 saturated heterocycles. The van der Waals surface area contributed by atoms with Crippen LogP contribution in [0.25, 0.3) is 0 Å². The van der Waals surface area contributed by atoms with Crippen LogP contribution in [0.1, 0.15) is 11.3 Å². The number of benzene rings is 1. The molecule has 110 valence electrons. The molecule has 7 heteroatoms. The maximum absolute atomic E-state index is 6.50. The topological polar surface area (TPSA) is 51.6 Å². The van der Waals surface area contributed by atoms with Gasteiger partial charge >= 0.3 is 0 Å². The van der Waals surface area contributed by atoms with Crippen molar-refractivity contribution in [3.8, 4) is 0 Å². The second kappa shape index (κ2) is 7.05. The molecule has 0 bridgehead atoms. The Hall–Kier alpha value is -1.69. The predicted octanol–water partition coefficient (Wildman–Crippen LogP) is 4.32. The highest BCUT2D eigenvalue weighted by atomic mass is 35.5. The fourth-order valence-electron chi connectivity index (χ4n) is 1.85. The van der Waals surface area contributed by atoms with Crippen molar-refractivity contribution >= 4 is 35.0 Å². The summed E-state index contributed by atoms with van der Waals surface area (Å²) in [6, 6.07) is 5.89. The summed E-state index contributed by atoms with van der Waals surface area (Å²) < 4.78 is 0. The average molecular weight is 349 g/mol. The third-order valence-electron chi connectivity index (χ3n) is 2.84. The van der Waals surface area contributed by atoms with Crippen LogP contribution >= 0.6 is 35.0 Å². The van der Waals surface area contributed by atoms with E-state index in [0.29, 0.717) is 16.6 Å². The Morgan fingerprint density at radius 2 is 1.86 bits per heavy atom. The van der Waals surface area contributed by atoms with Gasteiger partial charge in [-0.25, -0.2) is 9.97 Å². The van der Waals surface area contributed by atoms with Crippen molar-refractivity contribution in [2.75, 3.05) is 0 Å². The maximum Gasteiger partial charge on any atom is 0.147 e.